The Hall–Kier alpha value is -1.97. The van der Waals surface area contributed by atoms with E-state index in [1.807, 2.05) is 0 Å². The number of carboxylic acids is 1. The van der Waals surface area contributed by atoms with E-state index in [9.17, 15) is 9.90 Å². The molecule has 0 bridgehead atoms. The Morgan fingerprint density at radius 1 is 1.46 bits per heavy atom. The highest BCUT2D eigenvalue weighted by atomic mass is 16.4. The molecule has 4 N–H and O–H groups in total. The molecule has 0 fully saturated rings. The molecule has 0 spiro atoms. The van der Waals surface area contributed by atoms with Crippen molar-refractivity contribution in [2.24, 2.45) is 0 Å². The summed E-state index contributed by atoms with van der Waals surface area (Å²) in [6, 6.07) is 4.44. The zero-order valence-electron chi connectivity index (χ0n) is 6.77. The van der Waals surface area contributed by atoms with E-state index in [0.717, 1.165) is 6.08 Å². The highest BCUT2D eigenvalue weighted by Crippen LogP contribution is 2.20. The first-order valence-electron chi connectivity index (χ1n) is 3.59. The van der Waals surface area contributed by atoms with E-state index in [0.29, 0.717) is 11.3 Å². The molecule has 0 aliphatic rings. The zero-order valence-corrected chi connectivity index (χ0v) is 6.77. The van der Waals surface area contributed by atoms with Crippen molar-refractivity contribution in [1.82, 2.24) is 0 Å². The summed E-state index contributed by atoms with van der Waals surface area (Å²) in [6.07, 6.45) is 2.22. The average Bonchev–Trinajstić information content (AvgIpc) is 2.06. The fourth-order valence-electron chi connectivity index (χ4n) is 0.868. The Balaban J connectivity index is 3.00. The lowest BCUT2D eigenvalue weighted by Crippen LogP contribution is -1.88. The molecule has 0 aliphatic carbocycles. The molecule has 0 saturated carbocycles. The maximum Gasteiger partial charge on any atom is 0.328 e. The van der Waals surface area contributed by atoms with Crippen LogP contribution in [0.2, 0.25) is 0 Å². The summed E-state index contributed by atoms with van der Waals surface area (Å²) in [5.41, 5.74) is 6.31. The van der Waals surface area contributed by atoms with Crippen molar-refractivity contribution in [1.29, 1.82) is 0 Å². The summed E-state index contributed by atoms with van der Waals surface area (Å²) in [5, 5.41) is 17.6. The Kier molecular flexibility index (Phi) is 2.54. The molecular weight excluding hydrogens is 170 g/mol. The van der Waals surface area contributed by atoms with Crippen molar-refractivity contribution in [2.45, 2.75) is 0 Å². The predicted molar refractivity (Wildman–Crippen MR) is 49.2 cm³/mol. The number of hydrogen-bond acceptors (Lipinski definition) is 3. The number of carboxylic acid groups (broad SMARTS) is 1. The van der Waals surface area contributed by atoms with Crippen LogP contribution < -0.4 is 5.73 Å². The largest absolute Gasteiger partial charge is 0.507 e. The minimum Gasteiger partial charge on any atom is -0.507 e. The number of nitrogens with two attached hydrogens (primary N) is 1. The number of anilines is 1. The molecule has 1 aromatic rings. The average molecular weight is 179 g/mol. The molecule has 0 saturated heterocycles. The molecule has 0 aromatic heterocycles. The molecule has 1 aromatic carbocycles. The Morgan fingerprint density at radius 2 is 2.15 bits per heavy atom. The number of benzene rings is 1. The second kappa shape index (κ2) is 3.62. The fraction of sp³-hybridized carbons (Fsp3) is 0. The Morgan fingerprint density at radius 3 is 2.77 bits per heavy atom. The maximum atomic E-state index is 10.2. The highest BCUT2D eigenvalue weighted by molar-refractivity contribution is 5.86. The molecule has 68 valence electrons. The molecule has 0 amide bonds. The topological polar surface area (TPSA) is 83.5 Å². The van der Waals surface area contributed by atoms with Crippen LogP contribution >= 0.6 is 0 Å². The number of rotatable bonds is 2. The molecule has 1 rings (SSSR count). The van der Waals surface area contributed by atoms with Gasteiger partial charge < -0.3 is 15.9 Å². The number of nitrogen functional groups attached to an aromatic ring is 1. The molecular formula is C9H9NO3. The number of hydrogen-bond donors (Lipinski definition) is 3. The van der Waals surface area contributed by atoms with E-state index in [1.165, 1.54) is 24.3 Å². The third-order valence-electron chi connectivity index (χ3n) is 1.46. The van der Waals surface area contributed by atoms with Crippen molar-refractivity contribution in [3.63, 3.8) is 0 Å². The lowest BCUT2D eigenvalue weighted by atomic mass is 10.1. The SMILES string of the molecule is Nc1ccc(O)c(C=CC(=O)O)c1. The van der Waals surface area contributed by atoms with Gasteiger partial charge in [0, 0.05) is 17.3 Å². The van der Waals surface area contributed by atoms with Crippen LogP contribution in [0.25, 0.3) is 6.08 Å². The van der Waals surface area contributed by atoms with Gasteiger partial charge in [0.15, 0.2) is 0 Å². The lowest BCUT2D eigenvalue weighted by molar-refractivity contribution is -0.131. The van der Waals surface area contributed by atoms with Gasteiger partial charge in [-0.3, -0.25) is 0 Å². The van der Waals surface area contributed by atoms with Crippen LogP contribution in [0.1, 0.15) is 5.56 Å². The van der Waals surface area contributed by atoms with Gasteiger partial charge in [0.05, 0.1) is 0 Å². The van der Waals surface area contributed by atoms with Gasteiger partial charge in [-0.1, -0.05) is 0 Å². The van der Waals surface area contributed by atoms with Crippen molar-refractivity contribution in [3.8, 4) is 5.75 Å². The standard InChI is InChI=1S/C9H9NO3/c10-7-2-3-8(11)6(5-7)1-4-9(12)13/h1-5,11H,10H2,(H,12,13). The molecule has 0 unspecified atom stereocenters. The van der Waals surface area contributed by atoms with Gasteiger partial charge in [-0.2, -0.15) is 0 Å². The summed E-state index contributed by atoms with van der Waals surface area (Å²) in [5.74, 6) is -1.06. The van der Waals surface area contributed by atoms with Crippen molar-refractivity contribution in [3.05, 3.63) is 29.8 Å². The molecule has 0 radical (unpaired) electrons. The lowest BCUT2D eigenvalue weighted by Gasteiger charge is -1.99. The minimum atomic E-state index is -1.07. The third-order valence-corrected chi connectivity index (χ3v) is 1.46. The number of phenols is 1. The number of carbonyl (C=O) groups is 1. The number of phenolic OH excluding ortho intramolecular Hbond substituents is 1. The number of aliphatic carboxylic acids is 1. The quantitative estimate of drug-likeness (QED) is 0.360. The maximum absolute atomic E-state index is 10.2. The summed E-state index contributed by atoms with van der Waals surface area (Å²) < 4.78 is 0. The zero-order chi connectivity index (χ0) is 9.84. The van der Waals surface area contributed by atoms with E-state index in [2.05, 4.69) is 0 Å². The first-order valence-corrected chi connectivity index (χ1v) is 3.59. The molecule has 0 atom stereocenters. The molecule has 4 heteroatoms. The third kappa shape index (κ3) is 2.52. The van der Waals surface area contributed by atoms with Crippen LogP contribution in [0, 0.1) is 0 Å². The van der Waals surface area contributed by atoms with Gasteiger partial charge in [0.1, 0.15) is 5.75 Å². The Labute approximate surface area is 74.9 Å². The minimum absolute atomic E-state index is 0.00620. The van der Waals surface area contributed by atoms with Gasteiger partial charge in [0.2, 0.25) is 0 Å². The van der Waals surface area contributed by atoms with Gasteiger partial charge in [-0.25, -0.2) is 4.79 Å². The van der Waals surface area contributed by atoms with E-state index < -0.39 is 5.97 Å². The van der Waals surface area contributed by atoms with Crippen LogP contribution in [0.15, 0.2) is 24.3 Å². The monoisotopic (exact) mass is 179 g/mol. The van der Waals surface area contributed by atoms with E-state index in [-0.39, 0.29) is 5.75 Å². The van der Waals surface area contributed by atoms with Crippen LogP contribution in [0.4, 0.5) is 5.69 Å². The van der Waals surface area contributed by atoms with Crippen LogP contribution in [0.5, 0.6) is 5.75 Å². The predicted octanol–water partition coefficient (Wildman–Crippen LogP) is 1.07. The normalized spacial score (nSPS) is 10.5. The summed E-state index contributed by atoms with van der Waals surface area (Å²) in [7, 11) is 0. The van der Waals surface area contributed by atoms with Crippen molar-refractivity contribution >= 4 is 17.7 Å². The molecule has 4 nitrogen and oxygen atoms in total. The van der Waals surface area contributed by atoms with Crippen molar-refractivity contribution in [2.75, 3.05) is 5.73 Å². The van der Waals surface area contributed by atoms with Crippen LogP contribution in [-0.4, -0.2) is 16.2 Å². The van der Waals surface area contributed by atoms with E-state index >= 15 is 0 Å². The second-order valence-electron chi connectivity index (χ2n) is 2.49. The highest BCUT2D eigenvalue weighted by Gasteiger charge is 1.97. The number of aromatic hydroxyl groups is 1. The summed E-state index contributed by atoms with van der Waals surface area (Å²) in [6.45, 7) is 0. The molecule has 13 heavy (non-hydrogen) atoms. The summed E-state index contributed by atoms with van der Waals surface area (Å²) in [4.78, 5) is 10.2. The van der Waals surface area contributed by atoms with Crippen molar-refractivity contribution < 1.29 is 15.0 Å². The molecule has 0 aliphatic heterocycles. The smallest absolute Gasteiger partial charge is 0.328 e. The fourth-order valence-corrected chi connectivity index (χ4v) is 0.868. The van der Waals surface area contributed by atoms with Gasteiger partial charge in [0.25, 0.3) is 0 Å². The van der Waals surface area contributed by atoms with Crippen LogP contribution in [-0.2, 0) is 4.79 Å². The summed E-state index contributed by atoms with van der Waals surface area (Å²) >= 11 is 0. The second-order valence-corrected chi connectivity index (χ2v) is 2.49. The van der Waals surface area contributed by atoms with E-state index in [1.54, 1.807) is 0 Å². The van der Waals surface area contributed by atoms with Gasteiger partial charge in [-0.05, 0) is 24.3 Å². The Bertz CT molecular complexity index is 358. The van der Waals surface area contributed by atoms with E-state index in [4.69, 9.17) is 10.8 Å². The van der Waals surface area contributed by atoms with Gasteiger partial charge in [-0.15, -0.1) is 0 Å². The van der Waals surface area contributed by atoms with Crippen LogP contribution in [0.3, 0.4) is 0 Å². The van der Waals surface area contributed by atoms with Gasteiger partial charge >= 0.3 is 5.97 Å². The molecule has 0 heterocycles. The first kappa shape index (κ1) is 9.12. The first-order chi connectivity index (χ1) is 6.09.